The summed E-state index contributed by atoms with van der Waals surface area (Å²) in [5, 5.41) is 0. The van der Waals surface area contributed by atoms with Crippen molar-refractivity contribution in [2.24, 2.45) is 0 Å². The van der Waals surface area contributed by atoms with Gasteiger partial charge in [0.25, 0.3) is 0 Å². The fourth-order valence-electron chi connectivity index (χ4n) is 0.713. The van der Waals surface area contributed by atoms with Crippen LogP contribution in [0.3, 0.4) is 0 Å². The van der Waals surface area contributed by atoms with E-state index in [1.165, 1.54) is 0 Å². The minimum absolute atomic E-state index is 2.96. The second-order valence-corrected chi connectivity index (χ2v) is 13.8. The van der Waals surface area contributed by atoms with Gasteiger partial charge >= 0.3 is 54.8 Å². The average Bonchev–Trinajstić information content (AvgIpc) is 2.09. The smallest absolute Gasteiger partial charge is 0.302 e. The van der Waals surface area contributed by atoms with Crippen LogP contribution in [-0.2, 0) is 53.5 Å². The van der Waals surface area contributed by atoms with Crippen LogP contribution in [0.25, 0.3) is 0 Å². The van der Waals surface area contributed by atoms with Gasteiger partial charge in [0.1, 0.15) is 0 Å². The summed E-state index contributed by atoms with van der Waals surface area (Å²) in [5.41, 5.74) is 0. The van der Waals surface area contributed by atoms with Gasteiger partial charge in [0.2, 0.25) is 0 Å². The maximum atomic E-state index is 11.0. The molecule has 30 heavy (non-hydrogen) atoms. The van der Waals surface area contributed by atoms with Crippen LogP contribution in [0.4, 0.5) is 0 Å². The topological polar surface area (TPSA) is 388 Å². The van der Waals surface area contributed by atoms with Gasteiger partial charge in [-0.05, 0) is 0 Å². The summed E-state index contributed by atoms with van der Waals surface area (Å²) in [6.45, 7) is 0. The van der Waals surface area contributed by atoms with E-state index >= 15 is 0 Å². The quantitative estimate of drug-likeness (QED) is 0.131. The predicted molar refractivity (Wildman–Crippen MR) is 83.1 cm³/mol. The third-order valence-electron chi connectivity index (χ3n) is 1.04. The van der Waals surface area contributed by atoms with E-state index in [9.17, 15) is 32.0 Å². The maximum Gasteiger partial charge on any atom is 0.490 e. The molecule has 0 radical (unpaired) electrons. The van der Waals surface area contributed by atoms with Crippen molar-refractivity contribution in [3.8, 4) is 0 Å². The van der Waals surface area contributed by atoms with Crippen LogP contribution in [0.5, 0.6) is 0 Å². The molecule has 0 bridgehead atoms. The van der Waals surface area contributed by atoms with Gasteiger partial charge in [0.05, 0.1) is 0 Å². The van der Waals surface area contributed by atoms with Gasteiger partial charge < -0.3 is 53.8 Å². The number of phosphoric acid groups is 7. The third kappa shape index (κ3) is 23.6. The van der Waals surface area contributed by atoms with Crippen molar-refractivity contribution in [2.75, 3.05) is 0 Å². The molecule has 0 rings (SSSR count). The highest BCUT2D eigenvalue weighted by Crippen LogP contribution is 2.72. The standard InChI is InChI=1S/H7O16P5.H4O7P2/c1-17(2,3)13-19(7,8)15-21(11,12)16-20(9,10)14-18(4,5)6;1-8(2,3)7-9(4,5)6/h(H,7,8)(H,9,10)(H,11,12)(H2,1,2,3)(H2,4,5,6);(H2,1,2,3)(H2,4,5,6). The van der Waals surface area contributed by atoms with Crippen LogP contribution >= 0.6 is 54.8 Å². The summed E-state index contributed by atoms with van der Waals surface area (Å²) in [7, 11) is -39.4. The van der Waals surface area contributed by atoms with Crippen LogP contribution < -0.4 is 0 Å². The summed E-state index contributed by atoms with van der Waals surface area (Å²) in [5.74, 6) is 0. The van der Waals surface area contributed by atoms with Crippen LogP contribution in [-0.4, -0.2) is 53.8 Å². The van der Waals surface area contributed by atoms with Gasteiger partial charge in [-0.15, -0.1) is 0 Å². The third-order valence-corrected chi connectivity index (χ3v) is 9.40. The lowest BCUT2D eigenvalue weighted by molar-refractivity contribution is 0.187. The summed E-state index contributed by atoms with van der Waals surface area (Å²) >= 11 is 0. The molecule has 0 amide bonds. The van der Waals surface area contributed by atoms with E-state index in [0.717, 1.165) is 0 Å². The molecule has 0 aliphatic rings. The normalized spacial score (nSPS) is 19.6. The summed E-state index contributed by atoms with van der Waals surface area (Å²) in [6.07, 6.45) is 0. The van der Waals surface area contributed by atoms with Crippen molar-refractivity contribution in [1.29, 1.82) is 0 Å². The zero-order valence-electron chi connectivity index (χ0n) is 12.9. The molecule has 0 heterocycles. The maximum absolute atomic E-state index is 11.0. The predicted octanol–water partition coefficient (Wildman–Crippen LogP) is -1.27. The molecule has 0 saturated carbocycles. The lowest BCUT2D eigenvalue weighted by atomic mass is 15.7. The van der Waals surface area contributed by atoms with Crippen LogP contribution in [0.15, 0.2) is 0 Å². The SMILES string of the molecule is O=P(O)(O)OP(=O)(O)O.O=P(O)(O)OP(=O)(O)OP(=O)(O)OP(=O)(O)OP(=O)(O)O. The number of rotatable bonds is 10. The Labute approximate surface area is 163 Å². The largest absolute Gasteiger partial charge is 0.490 e. The molecule has 11 N–H and O–H groups in total. The van der Waals surface area contributed by atoms with E-state index in [1.54, 1.807) is 0 Å². The van der Waals surface area contributed by atoms with E-state index in [2.05, 4.69) is 21.6 Å². The Morgan fingerprint density at radius 1 is 0.300 bits per heavy atom. The molecule has 0 aliphatic carbocycles. The minimum atomic E-state index is -6.07. The first kappa shape index (κ1) is 33.1. The molecule has 0 spiro atoms. The van der Waals surface area contributed by atoms with Crippen molar-refractivity contribution in [3.63, 3.8) is 0 Å². The Balaban J connectivity index is 0. The van der Waals surface area contributed by atoms with Crippen molar-refractivity contribution < 1.29 is 107 Å². The van der Waals surface area contributed by atoms with Crippen molar-refractivity contribution in [1.82, 2.24) is 0 Å². The molecule has 23 nitrogen and oxygen atoms in total. The number of hydrogen-bond acceptors (Lipinski definition) is 12. The Morgan fingerprint density at radius 3 is 0.600 bits per heavy atom. The molecular formula is H11O23P7. The molecule has 0 saturated heterocycles. The molecular weight excluding hydrogens is 585 g/mol. The molecule has 0 aliphatic heterocycles. The molecule has 0 fully saturated rings. The summed E-state index contributed by atoms with van der Waals surface area (Å²) < 4.78 is 87.8. The molecule has 184 valence electrons. The van der Waals surface area contributed by atoms with Gasteiger partial charge in [-0.1, -0.05) is 0 Å². The highest BCUT2D eigenvalue weighted by molar-refractivity contribution is 7.71. The van der Waals surface area contributed by atoms with Crippen LogP contribution in [0.1, 0.15) is 0 Å². The second kappa shape index (κ2) is 10.9. The lowest BCUT2D eigenvalue weighted by Gasteiger charge is -2.18. The Hall–Kier alpha value is 0.970. The Kier molecular flexibility index (Phi) is 12.1. The first-order valence-electron chi connectivity index (χ1n) is 5.30. The van der Waals surface area contributed by atoms with Crippen LogP contribution in [0.2, 0.25) is 0 Å². The van der Waals surface area contributed by atoms with Gasteiger partial charge in [-0.2, -0.15) is 21.6 Å². The fraction of sp³-hybridized carbons (Fsp3) is 0. The van der Waals surface area contributed by atoms with E-state index in [1.807, 2.05) is 0 Å². The van der Waals surface area contributed by atoms with Gasteiger partial charge in [0.15, 0.2) is 0 Å². The van der Waals surface area contributed by atoms with Gasteiger partial charge in [0, 0.05) is 0 Å². The summed E-state index contributed by atoms with van der Waals surface area (Å²) in [6, 6.07) is 0. The highest BCUT2D eigenvalue weighted by Gasteiger charge is 2.46. The van der Waals surface area contributed by atoms with E-state index in [0.29, 0.717) is 0 Å². The molecule has 0 aromatic carbocycles. The van der Waals surface area contributed by atoms with Gasteiger partial charge in [-0.3, -0.25) is 0 Å². The molecule has 0 aromatic heterocycles. The highest BCUT2D eigenvalue weighted by atomic mass is 31.3. The van der Waals surface area contributed by atoms with Crippen LogP contribution in [0, 0.1) is 0 Å². The lowest BCUT2D eigenvalue weighted by Crippen LogP contribution is -1.97. The zero-order chi connectivity index (χ0) is 25.0. The Morgan fingerprint density at radius 2 is 0.467 bits per heavy atom. The van der Waals surface area contributed by atoms with E-state index in [4.69, 9.17) is 53.8 Å². The Bertz CT molecular complexity index is 822. The van der Waals surface area contributed by atoms with E-state index in [-0.39, 0.29) is 0 Å². The molecule has 30 heteroatoms. The van der Waals surface area contributed by atoms with Crippen molar-refractivity contribution in [2.45, 2.75) is 0 Å². The molecule has 2 unspecified atom stereocenters. The summed E-state index contributed by atoms with van der Waals surface area (Å²) in [4.78, 5) is 89.7. The average molecular weight is 596 g/mol. The van der Waals surface area contributed by atoms with Gasteiger partial charge in [-0.25, -0.2) is 32.0 Å². The monoisotopic (exact) mass is 596 g/mol. The fourth-order valence-corrected chi connectivity index (χ4v) is 7.22. The van der Waals surface area contributed by atoms with Crippen molar-refractivity contribution in [3.05, 3.63) is 0 Å². The first-order chi connectivity index (χ1) is 12.5. The molecule has 0 aromatic rings. The second-order valence-electron chi connectivity index (χ2n) is 3.78. The van der Waals surface area contributed by atoms with E-state index < -0.39 is 54.8 Å². The van der Waals surface area contributed by atoms with Crippen molar-refractivity contribution >= 4 is 54.8 Å². The zero-order valence-corrected chi connectivity index (χ0v) is 19.2. The number of hydrogen-bond donors (Lipinski definition) is 11. The minimum Gasteiger partial charge on any atom is -0.302 e. The molecule has 2 atom stereocenters. The first-order valence-corrected chi connectivity index (χ1v) is 15.9.